The molecule has 27 heavy (non-hydrogen) atoms. The highest BCUT2D eigenvalue weighted by molar-refractivity contribution is 7.89. The molecule has 0 aliphatic carbocycles. The summed E-state index contributed by atoms with van der Waals surface area (Å²) in [5.41, 5.74) is 5.86. The van der Waals surface area contributed by atoms with Crippen molar-refractivity contribution < 1.29 is 17.6 Å². The van der Waals surface area contributed by atoms with Crippen LogP contribution >= 0.6 is 11.6 Å². The summed E-state index contributed by atoms with van der Waals surface area (Å²) < 4.78 is 37.5. The summed E-state index contributed by atoms with van der Waals surface area (Å²) in [4.78, 5) is 21.9. The molecule has 1 aromatic heterocycles. The molecular weight excluding hydrogens is 397 g/mol. The number of piperidine rings is 1. The average molecular weight is 414 g/mol. The van der Waals surface area contributed by atoms with Gasteiger partial charge in [-0.25, -0.2) is 27.9 Å². The van der Waals surface area contributed by atoms with E-state index in [-0.39, 0.29) is 18.4 Å². The van der Waals surface area contributed by atoms with Crippen molar-refractivity contribution >= 4 is 33.5 Å². The Morgan fingerprint density at radius 3 is 2.78 bits per heavy atom. The minimum absolute atomic E-state index is 0.0899. The van der Waals surface area contributed by atoms with Crippen LogP contribution < -0.4 is 10.9 Å². The van der Waals surface area contributed by atoms with Crippen LogP contribution in [-0.2, 0) is 10.0 Å². The largest absolute Gasteiger partial charge is 0.368 e. The monoisotopic (exact) mass is 413 g/mol. The lowest BCUT2D eigenvalue weighted by Gasteiger charge is -2.32. The first kappa shape index (κ1) is 19.5. The number of benzene rings is 1. The van der Waals surface area contributed by atoms with Crippen molar-refractivity contribution in [2.45, 2.75) is 23.7 Å². The Hall–Kier alpha value is -2.30. The third kappa shape index (κ3) is 4.18. The molecule has 1 fully saturated rings. The summed E-state index contributed by atoms with van der Waals surface area (Å²) in [5.74, 6) is -1.60. The second kappa shape index (κ2) is 7.37. The van der Waals surface area contributed by atoms with Crippen molar-refractivity contribution in [1.82, 2.24) is 14.9 Å². The Kier molecular flexibility index (Phi) is 5.31. The van der Waals surface area contributed by atoms with Crippen LogP contribution in [0, 0.1) is 5.82 Å². The number of halogens is 2. The van der Waals surface area contributed by atoms with Gasteiger partial charge in [0.15, 0.2) is 5.82 Å². The molecular formula is C16H17ClFN5O3S. The standard InChI is InChI=1S/C16H17ClFN5O3S/c17-12-7-10(27(20,25)26)6-11(14(12)18)15(24)23-5-1-2-9(8-23)13-3-4-21-16(19)22-13/h3-4,6-7,9H,1-2,5,8H2,(H2,19,21,22)(H2,20,25,26). The van der Waals surface area contributed by atoms with Gasteiger partial charge in [-0.1, -0.05) is 11.6 Å². The molecule has 1 aromatic carbocycles. The number of hydrogen-bond acceptors (Lipinski definition) is 6. The summed E-state index contributed by atoms with van der Waals surface area (Å²) >= 11 is 5.75. The SMILES string of the molecule is Nc1nccc(C2CCCN(C(=O)c3cc(S(N)(=O)=O)cc(Cl)c3F)C2)n1. The molecule has 1 aliphatic heterocycles. The quantitative estimate of drug-likeness (QED) is 0.783. The maximum atomic E-state index is 14.4. The van der Waals surface area contributed by atoms with Crippen LogP contribution in [0.1, 0.15) is 34.8 Å². The zero-order valence-corrected chi connectivity index (χ0v) is 15.7. The van der Waals surface area contributed by atoms with Crippen molar-refractivity contribution in [3.8, 4) is 0 Å². The number of likely N-dealkylation sites (tertiary alicyclic amines) is 1. The number of carbonyl (C=O) groups is 1. The van der Waals surface area contributed by atoms with Gasteiger partial charge in [0, 0.05) is 25.2 Å². The highest BCUT2D eigenvalue weighted by atomic mass is 35.5. The van der Waals surface area contributed by atoms with E-state index in [0.717, 1.165) is 18.6 Å². The topological polar surface area (TPSA) is 132 Å². The predicted octanol–water partition coefficient (Wildman–Crippen LogP) is 1.52. The Labute approximate surface area is 160 Å². The molecule has 0 saturated carbocycles. The fourth-order valence-corrected chi connectivity index (χ4v) is 3.92. The van der Waals surface area contributed by atoms with Gasteiger partial charge in [0.05, 0.1) is 21.2 Å². The molecule has 0 radical (unpaired) electrons. The molecule has 11 heteroatoms. The average Bonchev–Trinajstić information content (AvgIpc) is 2.62. The van der Waals surface area contributed by atoms with Gasteiger partial charge in [0.1, 0.15) is 0 Å². The molecule has 1 unspecified atom stereocenters. The van der Waals surface area contributed by atoms with Crippen LogP contribution in [0.2, 0.25) is 5.02 Å². The maximum Gasteiger partial charge on any atom is 0.256 e. The number of carbonyl (C=O) groups excluding carboxylic acids is 1. The first-order chi connectivity index (χ1) is 12.7. The van der Waals surface area contributed by atoms with E-state index >= 15 is 0 Å². The highest BCUT2D eigenvalue weighted by Crippen LogP contribution is 2.29. The van der Waals surface area contributed by atoms with Gasteiger partial charge in [-0.2, -0.15) is 0 Å². The van der Waals surface area contributed by atoms with Crippen molar-refractivity contribution in [3.63, 3.8) is 0 Å². The Balaban J connectivity index is 1.90. The highest BCUT2D eigenvalue weighted by Gasteiger charge is 2.29. The van der Waals surface area contributed by atoms with Crippen LogP contribution in [0.25, 0.3) is 0 Å². The van der Waals surface area contributed by atoms with Crippen LogP contribution in [0.3, 0.4) is 0 Å². The minimum atomic E-state index is -4.14. The molecule has 8 nitrogen and oxygen atoms in total. The van der Waals surface area contributed by atoms with E-state index in [1.165, 1.54) is 11.1 Å². The fourth-order valence-electron chi connectivity index (χ4n) is 3.07. The molecule has 2 aromatic rings. The van der Waals surface area contributed by atoms with Gasteiger partial charge < -0.3 is 10.6 Å². The van der Waals surface area contributed by atoms with Gasteiger partial charge in [-0.15, -0.1) is 0 Å². The molecule has 1 aliphatic rings. The van der Waals surface area contributed by atoms with Crippen molar-refractivity contribution in [3.05, 3.63) is 46.5 Å². The van der Waals surface area contributed by atoms with Gasteiger partial charge in [-0.05, 0) is 31.0 Å². The lowest BCUT2D eigenvalue weighted by atomic mass is 9.94. The number of primary sulfonamides is 1. The molecule has 1 amide bonds. The second-order valence-electron chi connectivity index (χ2n) is 6.24. The minimum Gasteiger partial charge on any atom is -0.368 e. The van der Waals surface area contributed by atoms with Crippen LogP contribution in [0.5, 0.6) is 0 Å². The number of sulfonamides is 1. The Morgan fingerprint density at radius 2 is 2.11 bits per heavy atom. The van der Waals surface area contributed by atoms with E-state index in [1.54, 1.807) is 6.07 Å². The third-order valence-electron chi connectivity index (χ3n) is 4.38. The van der Waals surface area contributed by atoms with Crippen LogP contribution in [-0.4, -0.2) is 42.3 Å². The molecule has 4 N–H and O–H groups in total. The van der Waals surface area contributed by atoms with E-state index < -0.39 is 37.2 Å². The first-order valence-electron chi connectivity index (χ1n) is 8.06. The smallest absolute Gasteiger partial charge is 0.256 e. The summed E-state index contributed by atoms with van der Waals surface area (Å²) in [6.07, 6.45) is 2.98. The molecule has 2 heterocycles. The molecule has 1 atom stereocenters. The van der Waals surface area contributed by atoms with E-state index in [4.69, 9.17) is 22.5 Å². The van der Waals surface area contributed by atoms with Crippen LogP contribution in [0.15, 0.2) is 29.3 Å². The van der Waals surface area contributed by atoms with Crippen molar-refractivity contribution in [2.24, 2.45) is 5.14 Å². The van der Waals surface area contributed by atoms with Crippen molar-refractivity contribution in [2.75, 3.05) is 18.8 Å². The number of nitrogens with zero attached hydrogens (tertiary/aromatic N) is 3. The number of nitrogens with two attached hydrogens (primary N) is 2. The van der Waals surface area contributed by atoms with Gasteiger partial charge in [0.25, 0.3) is 5.91 Å². The van der Waals surface area contributed by atoms with Crippen LogP contribution in [0.4, 0.5) is 10.3 Å². The van der Waals surface area contributed by atoms with Crippen molar-refractivity contribution in [1.29, 1.82) is 0 Å². The maximum absolute atomic E-state index is 14.4. The van der Waals surface area contributed by atoms with Gasteiger partial charge in [-0.3, -0.25) is 4.79 Å². The molecule has 0 spiro atoms. The Morgan fingerprint density at radius 1 is 1.37 bits per heavy atom. The van der Waals surface area contributed by atoms with E-state index in [0.29, 0.717) is 18.7 Å². The fraction of sp³-hybridized carbons (Fsp3) is 0.312. The lowest BCUT2D eigenvalue weighted by molar-refractivity contribution is 0.0701. The lowest BCUT2D eigenvalue weighted by Crippen LogP contribution is -2.39. The third-order valence-corrected chi connectivity index (χ3v) is 5.55. The second-order valence-corrected chi connectivity index (χ2v) is 8.21. The molecule has 0 bridgehead atoms. The molecule has 144 valence electrons. The van der Waals surface area contributed by atoms with Gasteiger partial charge >= 0.3 is 0 Å². The normalized spacial score (nSPS) is 17.7. The molecule has 1 saturated heterocycles. The van der Waals surface area contributed by atoms with E-state index in [9.17, 15) is 17.6 Å². The number of aromatic nitrogens is 2. The summed E-state index contributed by atoms with van der Waals surface area (Å²) in [6, 6.07) is 3.50. The summed E-state index contributed by atoms with van der Waals surface area (Å²) in [5, 5.41) is 4.59. The zero-order valence-electron chi connectivity index (χ0n) is 14.1. The van der Waals surface area contributed by atoms with E-state index in [2.05, 4.69) is 9.97 Å². The van der Waals surface area contributed by atoms with E-state index in [1.807, 2.05) is 0 Å². The Bertz CT molecular complexity index is 1000. The summed E-state index contributed by atoms with van der Waals surface area (Å²) in [6.45, 7) is 0.679. The molecule has 3 rings (SSSR count). The first-order valence-corrected chi connectivity index (χ1v) is 9.99. The summed E-state index contributed by atoms with van der Waals surface area (Å²) in [7, 11) is -4.14. The number of anilines is 1. The van der Waals surface area contributed by atoms with Gasteiger partial charge in [0.2, 0.25) is 16.0 Å². The zero-order chi connectivity index (χ0) is 19.8. The number of rotatable bonds is 3. The predicted molar refractivity (Wildman–Crippen MR) is 97.1 cm³/mol. The number of amides is 1. The number of nitrogen functional groups attached to an aromatic ring is 1. The number of hydrogen-bond donors (Lipinski definition) is 2.